The quantitative estimate of drug-likeness (QED) is 0.718. The van der Waals surface area contributed by atoms with Crippen LogP contribution in [-0.2, 0) is 13.5 Å². The molecule has 0 spiro atoms. The Bertz CT molecular complexity index is 322. The monoisotopic (exact) mass is 171 g/mol. The lowest BCUT2D eigenvalue weighted by Crippen LogP contribution is -2.07. The molecule has 4 nitrogen and oxygen atoms in total. The van der Waals surface area contributed by atoms with E-state index in [0.29, 0.717) is 18.1 Å². The van der Waals surface area contributed by atoms with Gasteiger partial charge in [0, 0.05) is 13.5 Å². The SMILES string of the molecule is CC(C)Cc1oc(=O)n(C)c1O. The summed E-state index contributed by atoms with van der Waals surface area (Å²) < 4.78 is 5.91. The molecule has 1 aromatic rings. The molecule has 0 atom stereocenters. The summed E-state index contributed by atoms with van der Waals surface area (Å²) in [6, 6.07) is 0. The van der Waals surface area contributed by atoms with Gasteiger partial charge in [0.25, 0.3) is 0 Å². The number of nitrogens with zero attached hydrogens (tertiary/aromatic N) is 1. The Morgan fingerprint density at radius 2 is 2.17 bits per heavy atom. The van der Waals surface area contributed by atoms with Gasteiger partial charge in [-0.25, -0.2) is 9.36 Å². The summed E-state index contributed by atoms with van der Waals surface area (Å²) in [5.74, 6) is 0.163. The fourth-order valence-corrected chi connectivity index (χ4v) is 0.997. The molecule has 0 aliphatic heterocycles. The number of hydrogen-bond donors (Lipinski definition) is 1. The summed E-state index contributed by atoms with van der Waals surface area (Å²) in [5.41, 5.74) is 0. The van der Waals surface area contributed by atoms with Crippen molar-refractivity contribution in [3.8, 4) is 5.88 Å². The van der Waals surface area contributed by atoms with Crippen LogP contribution in [0.2, 0.25) is 0 Å². The summed E-state index contributed by atoms with van der Waals surface area (Å²) in [7, 11) is 1.48. The first-order chi connectivity index (χ1) is 5.52. The molecule has 0 saturated heterocycles. The first-order valence-electron chi connectivity index (χ1n) is 3.90. The van der Waals surface area contributed by atoms with Crippen molar-refractivity contribution in [3.63, 3.8) is 0 Å². The van der Waals surface area contributed by atoms with Gasteiger partial charge in [0.2, 0.25) is 5.88 Å². The number of hydrogen-bond acceptors (Lipinski definition) is 3. The Hall–Kier alpha value is -1.19. The molecule has 0 aliphatic carbocycles. The van der Waals surface area contributed by atoms with Gasteiger partial charge in [-0.15, -0.1) is 0 Å². The molecule has 68 valence electrons. The summed E-state index contributed by atoms with van der Waals surface area (Å²) >= 11 is 0. The van der Waals surface area contributed by atoms with Crippen LogP contribution in [0.5, 0.6) is 5.88 Å². The van der Waals surface area contributed by atoms with Crippen molar-refractivity contribution in [2.45, 2.75) is 20.3 Å². The maximum atomic E-state index is 10.9. The van der Waals surface area contributed by atoms with Crippen molar-refractivity contribution in [2.24, 2.45) is 13.0 Å². The largest absolute Gasteiger partial charge is 0.492 e. The van der Waals surface area contributed by atoms with Crippen LogP contribution in [0.1, 0.15) is 19.6 Å². The van der Waals surface area contributed by atoms with Crippen molar-refractivity contribution in [3.05, 3.63) is 16.3 Å². The molecule has 1 aromatic heterocycles. The molecular weight excluding hydrogens is 158 g/mol. The second-order valence-electron chi connectivity index (χ2n) is 3.27. The Balaban J connectivity index is 3.02. The summed E-state index contributed by atoms with van der Waals surface area (Å²) in [6.45, 7) is 3.98. The van der Waals surface area contributed by atoms with Crippen LogP contribution in [-0.4, -0.2) is 9.67 Å². The predicted molar refractivity (Wildman–Crippen MR) is 44.2 cm³/mol. The van der Waals surface area contributed by atoms with Gasteiger partial charge in [-0.3, -0.25) is 0 Å². The maximum absolute atomic E-state index is 10.9. The molecule has 0 aromatic carbocycles. The van der Waals surface area contributed by atoms with Crippen LogP contribution in [0.15, 0.2) is 9.21 Å². The van der Waals surface area contributed by atoms with Crippen LogP contribution < -0.4 is 5.76 Å². The van der Waals surface area contributed by atoms with E-state index < -0.39 is 5.76 Å². The molecule has 1 heterocycles. The Kier molecular flexibility index (Phi) is 2.26. The summed E-state index contributed by atoms with van der Waals surface area (Å²) in [4.78, 5) is 10.9. The molecule has 12 heavy (non-hydrogen) atoms. The standard InChI is InChI=1S/C8H13NO3/c1-5(2)4-6-7(10)9(3)8(11)12-6/h5,10H,4H2,1-3H3. The highest BCUT2D eigenvalue weighted by atomic mass is 16.4. The molecule has 0 amide bonds. The van der Waals surface area contributed by atoms with Crippen LogP contribution in [0.25, 0.3) is 0 Å². The second-order valence-corrected chi connectivity index (χ2v) is 3.27. The van der Waals surface area contributed by atoms with Crippen LogP contribution in [0, 0.1) is 5.92 Å². The lowest BCUT2D eigenvalue weighted by Gasteiger charge is -1.99. The highest BCUT2D eigenvalue weighted by molar-refractivity contribution is 5.14. The minimum absolute atomic E-state index is 0.0614. The fourth-order valence-electron chi connectivity index (χ4n) is 0.997. The molecular formula is C8H13NO3. The van der Waals surface area contributed by atoms with E-state index in [4.69, 9.17) is 4.42 Å². The second kappa shape index (κ2) is 3.05. The lowest BCUT2D eigenvalue weighted by molar-refractivity contribution is 0.401. The molecule has 1 rings (SSSR count). The zero-order valence-electron chi connectivity index (χ0n) is 7.50. The Morgan fingerprint density at radius 3 is 2.50 bits per heavy atom. The van der Waals surface area contributed by atoms with Gasteiger partial charge in [-0.05, 0) is 5.92 Å². The molecule has 0 unspecified atom stereocenters. The first kappa shape index (κ1) is 8.90. The van der Waals surface area contributed by atoms with Gasteiger partial charge < -0.3 is 9.52 Å². The summed E-state index contributed by atoms with van der Waals surface area (Å²) in [5, 5.41) is 9.34. The number of oxazole rings is 1. The van der Waals surface area contributed by atoms with E-state index in [0.717, 1.165) is 4.57 Å². The molecule has 4 heteroatoms. The van der Waals surface area contributed by atoms with Crippen LogP contribution >= 0.6 is 0 Å². The molecule has 0 bridgehead atoms. The van der Waals surface area contributed by atoms with Gasteiger partial charge in [0.05, 0.1) is 0 Å². The minimum atomic E-state index is -0.511. The van der Waals surface area contributed by atoms with Gasteiger partial charge in [0.1, 0.15) is 0 Å². The van der Waals surface area contributed by atoms with Crippen molar-refractivity contribution in [1.82, 2.24) is 4.57 Å². The third kappa shape index (κ3) is 1.52. The highest BCUT2D eigenvalue weighted by Gasteiger charge is 2.13. The van der Waals surface area contributed by atoms with Gasteiger partial charge >= 0.3 is 5.76 Å². The van der Waals surface area contributed by atoms with E-state index in [1.165, 1.54) is 7.05 Å². The average molecular weight is 171 g/mol. The number of rotatable bonds is 2. The Labute approximate surface area is 70.4 Å². The van der Waals surface area contributed by atoms with Gasteiger partial charge in [-0.2, -0.15) is 0 Å². The number of aromatic hydroxyl groups is 1. The van der Waals surface area contributed by atoms with Crippen LogP contribution in [0.3, 0.4) is 0 Å². The van der Waals surface area contributed by atoms with E-state index >= 15 is 0 Å². The van der Waals surface area contributed by atoms with E-state index in [1.807, 2.05) is 13.8 Å². The van der Waals surface area contributed by atoms with Crippen molar-refractivity contribution >= 4 is 0 Å². The van der Waals surface area contributed by atoms with E-state index in [1.54, 1.807) is 0 Å². The summed E-state index contributed by atoms with van der Waals surface area (Å²) in [6.07, 6.45) is 0.585. The van der Waals surface area contributed by atoms with E-state index in [-0.39, 0.29) is 5.88 Å². The van der Waals surface area contributed by atoms with Crippen molar-refractivity contribution < 1.29 is 9.52 Å². The van der Waals surface area contributed by atoms with Crippen LogP contribution in [0.4, 0.5) is 0 Å². The molecule has 0 saturated carbocycles. The minimum Gasteiger partial charge on any atom is -0.492 e. The third-order valence-corrected chi connectivity index (χ3v) is 1.65. The van der Waals surface area contributed by atoms with E-state index in [2.05, 4.69) is 0 Å². The smallest absolute Gasteiger partial charge is 0.421 e. The Morgan fingerprint density at radius 1 is 1.58 bits per heavy atom. The third-order valence-electron chi connectivity index (χ3n) is 1.65. The normalized spacial score (nSPS) is 11.0. The molecule has 0 fully saturated rings. The number of aromatic nitrogens is 1. The molecule has 0 aliphatic rings. The van der Waals surface area contributed by atoms with Crippen molar-refractivity contribution in [1.29, 1.82) is 0 Å². The highest BCUT2D eigenvalue weighted by Crippen LogP contribution is 2.17. The zero-order chi connectivity index (χ0) is 9.30. The lowest BCUT2D eigenvalue weighted by atomic mass is 10.1. The topological polar surface area (TPSA) is 55.4 Å². The zero-order valence-corrected chi connectivity index (χ0v) is 7.50. The molecule has 1 N–H and O–H groups in total. The first-order valence-corrected chi connectivity index (χ1v) is 3.90. The predicted octanol–water partition coefficient (Wildman–Crippen LogP) is 0.882. The van der Waals surface area contributed by atoms with Gasteiger partial charge in [-0.1, -0.05) is 13.8 Å². The van der Waals surface area contributed by atoms with Gasteiger partial charge in [0.15, 0.2) is 5.76 Å². The van der Waals surface area contributed by atoms with Crippen molar-refractivity contribution in [2.75, 3.05) is 0 Å². The van der Waals surface area contributed by atoms with E-state index in [9.17, 15) is 9.90 Å². The fraction of sp³-hybridized carbons (Fsp3) is 0.625. The maximum Gasteiger partial charge on any atom is 0.421 e. The molecule has 0 radical (unpaired) electrons. The average Bonchev–Trinajstić information content (AvgIpc) is 2.17.